The van der Waals surface area contributed by atoms with Gasteiger partial charge in [-0.05, 0) is 37.1 Å². The number of halogens is 1. The van der Waals surface area contributed by atoms with Crippen molar-refractivity contribution in [1.29, 1.82) is 0 Å². The molecule has 0 aliphatic carbocycles. The van der Waals surface area contributed by atoms with E-state index in [1.165, 1.54) is 0 Å². The quantitative estimate of drug-likeness (QED) is 0.862. The van der Waals surface area contributed by atoms with E-state index in [4.69, 9.17) is 16.7 Å². The van der Waals surface area contributed by atoms with Gasteiger partial charge in [-0.2, -0.15) is 0 Å². The molecule has 0 radical (unpaired) electrons. The van der Waals surface area contributed by atoms with Crippen LogP contribution in [0.25, 0.3) is 0 Å². The fraction of sp³-hybridized carbons (Fsp3) is 0.417. The van der Waals surface area contributed by atoms with E-state index >= 15 is 0 Å². The number of aryl methyl sites for hydroxylation is 1. The highest BCUT2D eigenvalue weighted by molar-refractivity contribution is 6.30. The minimum atomic E-state index is -0.749. The molecule has 0 amide bonds. The van der Waals surface area contributed by atoms with Crippen LogP contribution < -0.4 is 4.90 Å². The molecule has 1 aromatic rings. The molecule has 3 nitrogen and oxygen atoms in total. The second-order valence-corrected chi connectivity index (χ2v) is 4.29. The second-order valence-electron chi connectivity index (χ2n) is 3.85. The fourth-order valence-corrected chi connectivity index (χ4v) is 1.86. The van der Waals surface area contributed by atoms with Gasteiger partial charge in [0.2, 0.25) is 0 Å². The van der Waals surface area contributed by atoms with Crippen LogP contribution in [0.15, 0.2) is 18.2 Å². The molecule has 0 atom stereocenters. The maximum absolute atomic E-state index is 10.4. The Morgan fingerprint density at radius 3 is 2.75 bits per heavy atom. The fourth-order valence-electron chi connectivity index (χ4n) is 1.64. The maximum Gasteiger partial charge on any atom is 0.303 e. The number of nitrogens with zero attached hydrogens (tertiary/aromatic N) is 1. The summed E-state index contributed by atoms with van der Waals surface area (Å²) in [5, 5.41) is 9.27. The average Bonchev–Trinajstić information content (AvgIpc) is 2.16. The minimum absolute atomic E-state index is 0.205. The van der Waals surface area contributed by atoms with Gasteiger partial charge in [-0.15, -0.1) is 0 Å². The number of rotatable bonds is 5. The Balaban J connectivity index is 2.58. The van der Waals surface area contributed by atoms with Crippen molar-refractivity contribution in [2.24, 2.45) is 0 Å². The van der Waals surface area contributed by atoms with Crippen molar-refractivity contribution in [3.63, 3.8) is 0 Å². The van der Waals surface area contributed by atoms with E-state index in [2.05, 4.69) is 4.90 Å². The van der Waals surface area contributed by atoms with Crippen molar-refractivity contribution in [2.75, 3.05) is 18.5 Å². The summed E-state index contributed by atoms with van der Waals surface area (Å²) in [5.41, 5.74) is 2.19. The summed E-state index contributed by atoms with van der Waals surface area (Å²) in [6.07, 6.45) is 0.852. The van der Waals surface area contributed by atoms with E-state index in [1.54, 1.807) is 0 Å². The Bertz CT molecular complexity index is 379. The first-order chi connectivity index (χ1) is 7.50. The van der Waals surface area contributed by atoms with Crippen LogP contribution in [0.2, 0.25) is 5.02 Å². The van der Waals surface area contributed by atoms with Crippen LogP contribution in [0.5, 0.6) is 0 Å². The van der Waals surface area contributed by atoms with E-state index in [9.17, 15) is 4.79 Å². The van der Waals surface area contributed by atoms with Gasteiger partial charge in [0, 0.05) is 30.7 Å². The Hall–Kier alpha value is -1.22. The topological polar surface area (TPSA) is 40.5 Å². The summed E-state index contributed by atoms with van der Waals surface area (Å²) < 4.78 is 0. The lowest BCUT2D eigenvalue weighted by atomic mass is 10.2. The van der Waals surface area contributed by atoms with Gasteiger partial charge in [0.1, 0.15) is 0 Å². The molecule has 1 N–H and O–H groups in total. The number of anilines is 1. The zero-order valence-corrected chi connectivity index (χ0v) is 10.3. The second kappa shape index (κ2) is 5.75. The molecule has 1 rings (SSSR count). The average molecular weight is 242 g/mol. The largest absolute Gasteiger partial charge is 0.481 e. The van der Waals surface area contributed by atoms with Crippen LogP contribution in [0.3, 0.4) is 0 Å². The third kappa shape index (κ3) is 3.74. The van der Waals surface area contributed by atoms with Crippen LogP contribution in [-0.4, -0.2) is 24.7 Å². The number of carboxylic acids is 1. The van der Waals surface area contributed by atoms with E-state index in [0.717, 1.165) is 22.8 Å². The minimum Gasteiger partial charge on any atom is -0.481 e. The smallest absolute Gasteiger partial charge is 0.303 e. The molecule has 0 spiro atoms. The molecule has 0 aliphatic rings. The molecule has 0 saturated heterocycles. The third-order valence-electron chi connectivity index (χ3n) is 2.45. The van der Waals surface area contributed by atoms with Gasteiger partial charge in [-0.3, -0.25) is 4.79 Å². The van der Waals surface area contributed by atoms with Crippen LogP contribution in [0.1, 0.15) is 18.4 Å². The van der Waals surface area contributed by atoms with Gasteiger partial charge in [0.15, 0.2) is 0 Å². The Kier molecular flexibility index (Phi) is 4.62. The van der Waals surface area contributed by atoms with E-state index in [-0.39, 0.29) is 6.42 Å². The number of hydrogen-bond donors (Lipinski definition) is 1. The van der Waals surface area contributed by atoms with E-state index in [0.29, 0.717) is 6.42 Å². The highest BCUT2D eigenvalue weighted by Gasteiger charge is 2.05. The first-order valence-electron chi connectivity index (χ1n) is 5.20. The van der Waals surface area contributed by atoms with Crippen molar-refractivity contribution in [1.82, 2.24) is 0 Å². The number of aliphatic carboxylic acids is 1. The van der Waals surface area contributed by atoms with Crippen molar-refractivity contribution >= 4 is 23.3 Å². The maximum atomic E-state index is 10.4. The molecule has 1 aromatic carbocycles. The number of hydrogen-bond acceptors (Lipinski definition) is 2. The Morgan fingerprint density at radius 2 is 2.19 bits per heavy atom. The highest BCUT2D eigenvalue weighted by Crippen LogP contribution is 2.22. The number of carboxylic acid groups (broad SMARTS) is 1. The molecule has 0 saturated carbocycles. The van der Waals surface area contributed by atoms with Crippen LogP contribution >= 0.6 is 11.6 Å². The lowest BCUT2D eigenvalue weighted by Gasteiger charge is -2.21. The summed E-state index contributed by atoms with van der Waals surface area (Å²) in [6, 6.07) is 5.71. The molecule has 0 heterocycles. The van der Waals surface area contributed by atoms with Crippen molar-refractivity contribution < 1.29 is 9.90 Å². The van der Waals surface area contributed by atoms with Crippen LogP contribution in [0, 0.1) is 6.92 Å². The first-order valence-corrected chi connectivity index (χ1v) is 5.57. The molecule has 0 aliphatic heterocycles. The standard InChI is InChI=1S/C12H16ClNO2/c1-9-8-10(13)5-6-11(9)14(2)7-3-4-12(15)16/h5-6,8H,3-4,7H2,1-2H3,(H,15,16). The molecule has 0 unspecified atom stereocenters. The van der Waals surface area contributed by atoms with Crippen molar-refractivity contribution in [3.8, 4) is 0 Å². The predicted octanol–water partition coefficient (Wildman–Crippen LogP) is 2.95. The number of benzene rings is 1. The van der Waals surface area contributed by atoms with Gasteiger partial charge < -0.3 is 10.0 Å². The van der Waals surface area contributed by atoms with Gasteiger partial charge in [-0.25, -0.2) is 0 Å². The SMILES string of the molecule is Cc1cc(Cl)ccc1N(C)CCCC(=O)O. The first kappa shape index (κ1) is 12.8. The molecule has 4 heteroatoms. The predicted molar refractivity (Wildman–Crippen MR) is 66.3 cm³/mol. The summed E-state index contributed by atoms with van der Waals surface area (Å²) in [5.74, 6) is -0.749. The molecule has 0 aromatic heterocycles. The molecule has 0 bridgehead atoms. The molecular formula is C12H16ClNO2. The Labute approximate surface area is 101 Å². The molecule has 16 heavy (non-hydrogen) atoms. The van der Waals surface area contributed by atoms with E-state index < -0.39 is 5.97 Å². The lowest BCUT2D eigenvalue weighted by molar-refractivity contribution is -0.137. The van der Waals surface area contributed by atoms with Gasteiger partial charge >= 0.3 is 5.97 Å². The molecule has 88 valence electrons. The zero-order valence-electron chi connectivity index (χ0n) is 9.53. The zero-order chi connectivity index (χ0) is 12.1. The van der Waals surface area contributed by atoms with Crippen molar-refractivity contribution in [3.05, 3.63) is 28.8 Å². The van der Waals surface area contributed by atoms with Crippen LogP contribution in [0.4, 0.5) is 5.69 Å². The normalized spacial score (nSPS) is 10.2. The van der Waals surface area contributed by atoms with Gasteiger partial charge in [-0.1, -0.05) is 11.6 Å². The van der Waals surface area contributed by atoms with Gasteiger partial charge in [0.25, 0.3) is 0 Å². The molecular weight excluding hydrogens is 226 g/mol. The third-order valence-corrected chi connectivity index (χ3v) is 2.69. The monoisotopic (exact) mass is 241 g/mol. The summed E-state index contributed by atoms with van der Waals surface area (Å²) in [4.78, 5) is 12.4. The van der Waals surface area contributed by atoms with E-state index in [1.807, 2.05) is 32.2 Å². The summed E-state index contributed by atoms with van der Waals surface area (Å²) in [6.45, 7) is 2.73. The number of carbonyl (C=O) groups is 1. The Morgan fingerprint density at radius 1 is 1.50 bits per heavy atom. The summed E-state index contributed by atoms with van der Waals surface area (Å²) in [7, 11) is 1.96. The highest BCUT2D eigenvalue weighted by atomic mass is 35.5. The van der Waals surface area contributed by atoms with Crippen molar-refractivity contribution in [2.45, 2.75) is 19.8 Å². The lowest BCUT2D eigenvalue weighted by Crippen LogP contribution is -2.20. The summed E-state index contributed by atoms with van der Waals surface area (Å²) >= 11 is 5.87. The van der Waals surface area contributed by atoms with Gasteiger partial charge in [0.05, 0.1) is 0 Å². The molecule has 0 fully saturated rings. The van der Waals surface area contributed by atoms with Crippen LogP contribution in [-0.2, 0) is 4.79 Å².